The van der Waals surface area contributed by atoms with Gasteiger partial charge in [0.1, 0.15) is 11.8 Å². The predicted molar refractivity (Wildman–Crippen MR) is 135 cm³/mol. The van der Waals surface area contributed by atoms with Gasteiger partial charge in [-0.3, -0.25) is 9.59 Å². The number of rotatable bonds is 8. The van der Waals surface area contributed by atoms with E-state index in [1.165, 1.54) is 6.42 Å². The molecule has 0 bridgehead atoms. The Bertz CT molecular complexity index is 968. The molecule has 1 atom stereocenters. The number of carbonyl (C=O) groups is 2. The van der Waals surface area contributed by atoms with Crippen molar-refractivity contribution in [2.24, 2.45) is 0 Å². The van der Waals surface area contributed by atoms with Gasteiger partial charge >= 0.3 is 0 Å². The van der Waals surface area contributed by atoms with Gasteiger partial charge in [-0.1, -0.05) is 53.4 Å². The molecule has 1 N–H and O–H groups in total. The molecule has 0 aliphatic heterocycles. The third kappa shape index (κ3) is 7.07. The minimum atomic E-state index is -0.591. The molecule has 1 aliphatic rings. The lowest BCUT2D eigenvalue weighted by Crippen LogP contribution is -2.51. The van der Waals surface area contributed by atoms with Crippen molar-refractivity contribution in [2.75, 3.05) is 6.61 Å². The van der Waals surface area contributed by atoms with E-state index in [0.717, 1.165) is 52.4 Å². The van der Waals surface area contributed by atoms with E-state index in [2.05, 4.69) is 27.3 Å². The summed E-state index contributed by atoms with van der Waals surface area (Å²) in [6.45, 7) is 8.08. The normalized spacial score (nSPS) is 15.1. The summed E-state index contributed by atoms with van der Waals surface area (Å²) in [5, 5.41) is 3.17. The second-order valence-corrected chi connectivity index (χ2v) is 10.1. The summed E-state index contributed by atoms with van der Waals surface area (Å²) in [4.78, 5) is 28.0. The molecule has 5 nitrogen and oxygen atoms in total. The lowest BCUT2D eigenvalue weighted by Gasteiger charge is -2.31. The standard InChI is InChI=1S/C27H35BrN2O3/c1-18-14-19(2)20(3)25(15-18)33-17-26(31)30(16-22-10-12-23(28)13-11-22)21(4)27(32)29-24-8-6-5-7-9-24/h10-15,21,24H,5-9,16-17H2,1-4H3,(H,29,32)/t21-/m1/s1. The van der Waals surface area contributed by atoms with Crippen molar-refractivity contribution in [1.82, 2.24) is 10.2 Å². The van der Waals surface area contributed by atoms with Crippen LogP contribution < -0.4 is 10.1 Å². The highest BCUT2D eigenvalue weighted by Gasteiger charge is 2.28. The second-order valence-electron chi connectivity index (χ2n) is 9.16. The number of carbonyl (C=O) groups excluding carboxylic acids is 2. The number of hydrogen-bond acceptors (Lipinski definition) is 3. The van der Waals surface area contributed by atoms with Crippen molar-refractivity contribution in [3.8, 4) is 5.75 Å². The quantitative estimate of drug-likeness (QED) is 0.497. The molecule has 0 aromatic heterocycles. The van der Waals surface area contributed by atoms with Gasteiger partial charge in [0, 0.05) is 17.1 Å². The number of ether oxygens (including phenoxy) is 1. The first kappa shape index (κ1) is 25.3. The molecule has 178 valence electrons. The minimum Gasteiger partial charge on any atom is -0.483 e. The van der Waals surface area contributed by atoms with Crippen LogP contribution in [0.2, 0.25) is 0 Å². The highest BCUT2D eigenvalue weighted by Crippen LogP contribution is 2.24. The van der Waals surface area contributed by atoms with Gasteiger partial charge in [0.25, 0.3) is 5.91 Å². The maximum absolute atomic E-state index is 13.3. The van der Waals surface area contributed by atoms with Crippen LogP contribution in [0.1, 0.15) is 61.3 Å². The lowest BCUT2D eigenvalue weighted by molar-refractivity contribution is -0.142. The Balaban J connectivity index is 1.74. The van der Waals surface area contributed by atoms with E-state index in [1.807, 2.05) is 51.1 Å². The Hall–Kier alpha value is -2.34. The van der Waals surface area contributed by atoms with Crippen LogP contribution in [0.5, 0.6) is 5.75 Å². The minimum absolute atomic E-state index is 0.102. The topological polar surface area (TPSA) is 58.6 Å². The van der Waals surface area contributed by atoms with E-state index in [-0.39, 0.29) is 24.5 Å². The van der Waals surface area contributed by atoms with Gasteiger partial charge in [0.15, 0.2) is 6.61 Å². The number of benzene rings is 2. The van der Waals surface area contributed by atoms with E-state index < -0.39 is 6.04 Å². The van der Waals surface area contributed by atoms with Crippen molar-refractivity contribution in [3.05, 3.63) is 63.1 Å². The Morgan fingerprint density at radius 2 is 1.76 bits per heavy atom. The smallest absolute Gasteiger partial charge is 0.261 e. The highest BCUT2D eigenvalue weighted by molar-refractivity contribution is 9.10. The van der Waals surface area contributed by atoms with Crippen molar-refractivity contribution >= 4 is 27.7 Å². The van der Waals surface area contributed by atoms with Crippen LogP contribution in [0, 0.1) is 20.8 Å². The van der Waals surface area contributed by atoms with Crippen LogP contribution in [-0.4, -0.2) is 35.4 Å². The molecule has 6 heteroatoms. The largest absolute Gasteiger partial charge is 0.483 e. The number of aryl methyl sites for hydroxylation is 2. The molecule has 1 fully saturated rings. The number of halogens is 1. The summed E-state index contributed by atoms with van der Waals surface area (Å²) in [5.74, 6) is 0.404. The van der Waals surface area contributed by atoms with Crippen LogP contribution in [-0.2, 0) is 16.1 Å². The van der Waals surface area contributed by atoms with Gasteiger partial charge < -0.3 is 15.0 Å². The maximum Gasteiger partial charge on any atom is 0.261 e. The average Bonchev–Trinajstić information content (AvgIpc) is 2.80. The Kier molecular flexibility index (Phi) is 8.95. The second kappa shape index (κ2) is 11.7. The van der Waals surface area contributed by atoms with E-state index in [1.54, 1.807) is 11.8 Å². The van der Waals surface area contributed by atoms with Crippen molar-refractivity contribution in [2.45, 2.75) is 78.4 Å². The number of hydrogen-bond donors (Lipinski definition) is 1. The Labute approximate surface area is 206 Å². The maximum atomic E-state index is 13.3. The number of nitrogens with zero attached hydrogens (tertiary/aromatic N) is 1. The van der Waals surface area contributed by atoms with Crippen LogP contribution in [0.15, 0.2) is 40.9 Å². The molecule has 0 saturated heterocycles. The highest BCUT2D eigenvalue weighted by atomic mass is 79.9. The fourth-order valence-corrected chi connectivity index (χ4v) is 4.58. The van der Waals surface area contributed by atoms with Gasteiger partial charge in [-0.05, 0) is 81.0 Å². The summed E-state index contributed by atoms with van der Waals surface area (Å²) < 4.78 is 6.92. The van der Waals surface area contributed by atoms with Crippen LogP contribution in [0.3, 0.4) is 0 Å². The zero-order valence-electron chi connectivity index (χ0n) is 20.1. The zero-order valence-corrected chi connectivity index (χ0v) is 21.7. The Morgan fingerprint density at radius 1 is 1.09 bits per heavy atom. The van der Waals surface area contributed by atoms with Crippen LogP contribution in [0.4, 0.5) is 0 Å². The third-order valence-corrected chi connectivity index (χ3v) is 7.03. The van der Waals surface area contributed by atoms with Crippen molar-refractivity contribution in [3.63, 3.8) is 0 Å². The van der Waals surface area contributed by atoms with Gasteiger partial charge in [-0.15, -0.1) is 0 Å². The lowest BCUT2D eigenvalue weighted by atomic mass is 9.95. The molecular weight excluding hydrogens is 480 g/mol. The molecule has 1 saturated carbocycles. The van der Waals surface area contributed by atoms with Crippen molar-refractivity contribution in [1.29, 1.82) is 0 Å². The van der Waals surface area contributed by atoms with Gasteiger partial charge in [-0.25, -0.2) is 0 Å². The summed E-state index contributed by atoms with van der Waals surface area (Å²) in [6.07, 6.45) is 5.53. The average molecular weight is 515 g/mol. The molecule has 3 rings (SSSR count). The molecule has 0 unspecified atom stereocenters. The first-order valence-electron chi connectivity index (χ1n) is 11.8. The molecule has 33 heavy (non-hydrogen) atoms. The molecule has 1 aliphatic carbocycles. The van der Waals surface area contributed by atoms with Gasteiger partial charge in [0.2, 0.25) is 5.91 Å². The summed E-state index contributed by atoms with van der Waals surface area (Å²) in [7, 11) is 0. The third-order valence-electron chi connectivity index (χ3n) is 6.50. The summed E-state index contributed by atoms with van der Waals surface area (Å²) in [5.41, 5.74) is 4.21. The van der Waals surface area contributed by atoms with Crippen molar-refractivity contribution < 1.29 is 14.3 Å². The first-order valence-corrected chi connectivity index (χ1v) is 12.6. The van der Waals surface area contributed by atoms with Crippen LogP contribution >= 0.6 is 15.9 Å². The van der Waals surface area contributed by atoms with Gasteiger partial charge in [-0.2, -0.15) is 0 Å². The number of nitrogens with one attached hydrogen (secondary N) is 1. The molecule has 2 aromatic rings. The fourth-order valence-electron chi connectivity index (χ4n) is 4.31. The molecular formula is C27H35BrN2O3. The SMILES string of the molecule is Cc1cc(C)c(C)c(OCC(=O)N(Cc2ccc(Br)cc2)[C@H](C)C(=O)NC2CCCCC2)c1. The van der Waals surface area contributed by atoms with Crippen LogP contribution in [0.25, 0.3) is 0 Å². The summed E-state index contributed by atoms with van der Waals surface area (Å²) >= 11 is 3.45. The fraction of sp³-hybridized carbons (Fsp3) is 0.481. The van der Waals surface area contributed by atoms with Gasteiger partial charge in [0.05, 0.1) is 0 Å². The van der Waals surface area contributed by atoms with E-state index in [0.29, 0.717) is 12.3 Å². The van der Waals surface area contributed by atoms with E-state index in [9.17, 15) is 9.59 Å². The number of amides is 2. The van der Waals surface area contributed by atoms with E-state index >= 15 is 0 Å². The molecule has 2 amide bonds. The summed E-state index contributed by atoms with van der Waals surface area (Å²) in [6, 6.07) is 11.5. The molecule has 2 aromatic carbocycles. The monoisotopic (exact) mass is 514 g/mol. The Morgan fingerprint density at radius 3 is 2.42 bits per heavy atom. The molecule has 0 spiro atoms. The first-order chi connectivity index (χ1) is 15.7. The zero-order chi connectivity index (χ0) is 24.0. The molecule has 0 heterocycles. The van der Waals surface area contributed by atoms with E-state index in [4.69, 9.17) is 4.74 Å². The predicted octanol–water partition coefficient (Wildman–Crippen LogP) is 5.62. The molecule has 0 radical (unpaired) electrons.